The lowest BCUT2D eigenvalue weighted by molar-refractivity contribution is 0.629. The summed E-state index contributed by atoms with van der Waals surface area (Å²) in [5, 5.41) is 3.21. The molecule has 0 aliphatic carbocycles. The molecular weight excluding hydrogens is 193 g/mol. The number of hydrogen-bond acceptors (Lipinski definition) is 2. The summed E-state index contributed by atoms with van der Waals surface area (Å²) in [7, 11) is 1.87. The molecule has 0 unspecified atom stereocenters. The number of aryl methyl sites for hydroxylation is 1. The van der Waals surface area contributed by atoms with Gasteiger partial charge in [-0.1, -0.05) is 0 Å². The van der Waals surface area contributed by atoms with E-state index in [2.05, 4.69) is 10.3 Å². The van der Waals surface area contributed by atoms with E-state index in [1.807, 2.05) is 25.5 Å². The predicted octanol–water partition coefficient (Wildman–Crippen LogP) is 2.53. The minimum absolute atomic E-state index is 0.235. The highest BCUT2D eigenvalue weighted by Crippen LogP contribution is 2.19. The largest absolute Gasteiger partial charge is 0.353 e. The SMILES string of the molecule is CC(C)Nc1nc2ccc(F)cc2n1C. The summed E-state index contributed by atoms with van der Waals surface area (Å²) in [5.74, 6) is 0.534. The van der Waals surface area contributed by atoms with Gasteiger partial charge in [0.1, 0.15) is 5.82 Å². The van der Waals surface area contributed by atoms with Crippen LogP contribution in [-0.4, -0.2) is 15.6 Å². The average Bonchev–Trinajstić information content (AvgIpc) is 2.44. The number of aromatic nitrogens is 2. The van der Waals surface area contributed by atoms with E-state index in [0.29, 0.717) is 6.04 Å². The van der Waals surface area contributed by atoms with Crippen LogP contribution in [0.2, 0.25) is 0 Å². The Balaban J connectivity index is 2.54. The summed E-state index contributed by atoms with van der Waals surface area (Å²) in [5.41, 5.74) is 1.61. The van der Waals surface area contributed by atoms with Crippen molar-refractivity contribution in [1.82, 2.24) is 9.55 Å². The Morgan fingerprint density at radius 2 is 2.13 bits per heavy atom. The second kappa shape index (κ2) is 3.53. The third-order valence-electron chi connectivity index (χ3n) is 2.26. The molecule has 0 spiro atoms. The summed E-state index contributed by atoms with van der Waals surface area (Å²) in [6.07, 6.45) is 0. The zero-order valence-corrected chi connectivity index (χ0v) is 9.08. The van der Waals surface area contributed by atoms with Crippen molar-refractivity contribution in [1.29, 1.82) is 0 Å². The lowest BCUT2D eigenvalue weighted by Crippen LogP contribution is -2.13. The van der Waals surface area contributed by atoms with Crippen LogP contribution in [0, 0.1) is 5.82 Å². The number of nitrogens with zero attached hydrogens (tertiary/aromatic N) is 2. The molecule has 0 aliphatic rings. The Bertz CT molecular complexity index is 488. The van der Waals surface area contributed by atoms with Crippen molar-refractivity contribution in [2.24, 2.45) is 7.05 Å². The molecule has 2 aromatic rings. The van der Waals surface area contributed by atoms with E-state index in [4.69, 9.17) is 0 Å². The van der Waals surface area contributed by atoms with E-state index in [1.165, 1.54) is 12.1 Å². The van der Waals surface area contributed by atoms with E-state index in [-0.39, 0.29) is 5.82 Å². The Labute approximate surface area is 87.9 Å². The number of halogens is 1. The first-order chi connectivity index (χ1) is 7.08. The molecule has 1 aromatic heterocycles. The van der Waals surface area contributed by atoms with Crippen LogP contribution in [0.4, 0.5) is 10.3 Å². The molecule has 0 amide bonds. The zero-order chi connectivity index (χ0) is 11.0. The molecule has 0 atom stereocenters. The second-order valence-electron chi connectivity index (χ2n) is 3.93. The van der Waals surface area contributed by atoms with Crippen molar-refractivity contribution in [3.8, 4) is 0 Å². The zero-order valence-electron chi connectivity index (χ0n) is 9.08. The van der Waals surface area contributed by atoms with Gasteiger partial charge in [0, 0.05) is 13.1 Å². The highest BCUT2D eigenvalue weighted by molar-refractivity contribution is 5.78. The Morgan fingerprint density at radius 1 is 1.40 bits per heavy atom. The van der Waals surface area contributed by atoms with Crippen LogP contribution in [0.1, 0.15) is 13.8 Å². The second-order valence-corrected chi connectivity index (χ2v) is 3.93. The fourth-order valence-electron chi connectivity index (χ4n) is 1.55. The molecule has 4 heteroatoms. The van der Waals surface area contributed by atoms with Gasteiger partial charge < -0.3 is 9.88 Å². The molecule has 1 N–H and O–H groups in total. The first-order valence-electron chi connectivity index (χ1n) is 4.96. The minimum Gasteiger partial charge on any atom is -0.353 e. The van der Waals surface area contributed by atoms with Crippen molar-refractivity contribution < 1.29 is 4.39 Å². The molecular formula is C11H14FN3. The third kappa shape index (κ3) is 1.79. The quantitative estimate of drug-likeness (QED) is 0.820. The van der Waals surface area contributed by atoms with Gasteiger partial charge in [0.15, 0.2) is 0 Å². The number of fused-ring (bicyclic) bond motifs is 1. The van der Waals surface area contributed by atoms with E-state index >= 15 is 0 Å². The van der Waals surface area contributed by atoms with Crippen LogP contribution in [0.25, 0.3) is 11.0 Å². The van der Waals surface area contributed by atoms with Crippen molar-refractivity contribution in [2.45, 2.75) is 19.9 Å². The maximum atomic E-state index is 13.0. The third-order valence-corrected chi connectivity index (χ3v) is 2.26. The molecule has 2 rings (SSSR count). The fraction of sp³-hybridized carbons (Fsp3) is 0.364. The Kier molecular flexibility index (Phi) is 2.34. The molecule has 3 nitrogen and oxygen atoms in total. The highest BCUT2D eigenvalue weighted by Gasteiger charge is 2.08. The van der Waals surface area contributed by atoms with Gasteiger partial charge in [-0.05, 0) is 32.0 Å². The molecule has 0 bridgehead atoms. The molecule has 0 fully saturated rings. The maximum absolute atomic E-state index is 13.0. The lowest BCUT2D eigenvalue weighted by Gasteiger charge is -2.08. The summed E-state index contributed by atoms with van der Waals surface area (Å²) >= 11 is 0. The van der Waals surface area contributed by atoms with E-state index in [9.17, 15) is 4.39 Å². The lowest BCUT2D eigenvalue weighted by atomic mass is 10.3. The number of rotatable bonds is 2. The number of benzene rings is 1. The normalized spacial score (nSPS) is 11.3. The highest BCUT2D eigenvalue weighted by atomic mass is 19.1. The molecule has 15 heavy (non-hydrogen) atoms. The van der Waals surface area contributed by atoms with E-state index < -0.39 is 0 Å². The van der Waals surface area contributed by atoms with Crippen LogP contribution in [0.5, 0.6) is 0 Å². The van der Waals surface area contributed by atoms with Crippen LogP contribution in [0.15, 0.2) is 18.2 Å². The van der Waals surface area contributed by atoms with Crippen molar-refractivity contribution in [2.75, 3.05) is 5.32 Å². The van der Waals surface area contributed by atoms with Gasteiger partial charge >= 0.3 is 0 Å². The van der Waals surface area contributed by atoms with Gasteiger partial charge in [0.2, 0.25) is 5.95 Å². The van der Waals surface area contributed by atoms with E-state index in [0.717, 1.165) is 17.0 Å². The minimum atomic E-state index is -0.235. The van der Waals surface area contributed by atoms with Gasteiger partial charge in [-0.2, -0.15) is 0 Å². The molecule has 1 heterocycles. The Hall–Kier alpha value is -1.58. The summed E-state index contributed by atoms with van der Waals surface area (Å²) in [6.45, 7) is 4.08. The molecule has 80 valence electrons. The molecule has 0 aliphatic heterocycles. The number of nitrogens with one attached hydrogen (secondary N) is 1. The summed E-state index contributed by atoms with van der Waals surface area (Å²) < 4.78 is 14.9. The fourth-order valence-corrected chi connectivity index (χ4v) is 1.55. The van der Waals surface area contributed by atoms with Crippen LogP contribution < -0.4 is 5.32 Å². The van der Waals surface area contributed by atoms with Gasteiger partial charge in [0.05, 0.1) is 11.0 Å². The number of hydrogen-bond donors (Lipinski definition) is 1. The van der Waals surface area contributed by atoms with Crippen molar-refractivity contribution >= 4 is 17.0 Å². The standard InChI is InChI=1S/C11H14FN3/c1-7(2)13-11-14-9-5-4-8(12)6-10(9)15(11)3/h4-7H,1-3H3,(H,13,14). The van der Waals surface area contributed by atoms with Crippen molar-refractivity contribution in [3.05, 3.63) is 24.0 Å². The maximum Gasteiger partial charge on any atom is 0.203 e. The van der Waals surface area contributed by atoms with Gasteiger partial charge in [0.25, 0.3) is 0 Å². The molecule has 0 radical (unpaired) electrons. The van der Waals surface area contributed by atoms with Gasteiger partial charge in [-0.15, -0.1) is 0 Å². The van der Waals surface area contributed by atoms with Crippen LogP contribution in [-0.2, 0) is 7.05 Å². The van der Waals surface area contributed by atoms with E-state index in [1.54, 1.807) is 6.07 Å². The van der Waals surface area contributed by atoms with Crippen LogP contribution >= 0.6 is 0 Å². The van der Waals surface area contributed by atoms with Crippen LogP contribution in [0.3, 0.4) is 0 Å². The van der Waals surface area contributed by atoms with Crippen molar-refractivity contribution in [3.63, 3.8) is 0 Å². The first kappa shape index (κ1) is 9.96. The number of imidazole rings is 1. The topological polar surface area (TPSA) is 29.9 Å². The monoisotopic (exact) mass is 207 g/mol. The molecule has 1 aromatic carbocycles. The van der Waals surface area contributed by atoms with Gasteiger partial charge in [-0.25, -0.2) is 9.37 Å². The molecule has 0 saturated heterocycles. The molecule has 0 saturated carbocycles. The first-order valence-corrected chi connectivity index (χ1v) is 4.96. The van der Waals surface area contributed by atoms with Gasteiger partial charge in [-0.3, -0.25) is 0 Å². The number of anilines is 1. The Morgan fingerprint density at radius 3 is 2.80 bits per heavy atom. The summed E-state index contributed by atoms with van der Waals surface area (Å²) in [6, 6.07) is 4.92. The average molecular weight is 207 g/mol. The predicted molar refractivity (Wildman–Crippen MR) is 59.4 cm³/mol. The summed E-state index contributed by atoms with van der Waals surface area (Å²) in [4.78, 5) is 4.38. The smallest absolute Gasteiger partial charge is 0.203 e.